The Morgan fingerprint density at radius 1 is 1.13 bits per heavy atom. The Bertz CT molecular complexity index is 655. The first kappa shape index (κ1) is 17.1. The summed E-state index contributed by atoms with van der Waals surface area (Å²) in [6, 6.07) is 7.54. The first-order valence-corrected chi connectivity index (χ1v) is 8.09. The number of hydrogen-bond donors (Lipinski definition) is 1. The van der Waals surface area contributed by atoms with Crippen LogP contribution in [0, 0.1) is 0 Å². The molecular weight excluding hydrogens is 314 g/mol. The lowest BCUT2D eigenvalue weighted by Crippen LogP contribution is -2.27. The molecule has 2 rings (SSSR count). The third kappa shape index (κ3) is 3.96. The standard InChI is InChI=1S/C17H21NO4S/c1-11(14-6-5-9-23-14)18-15(19)10-12-7-8-13(20-2)17(22-4)16(12)21-3/h5-9,11H,10H2,1-4H3,(H,18,19). The van der Waals surface area contributed by atoms with Crippen molar-refractivity contribution in [2.45, 2.75) is 19.4 Å². The van der Waals surface area contributed by atoms with E-state index in [1.165, 1.54) is 0 Å². The minimum absolute atomic E-state index is 0.0198. The van der Waals surface area contributed by atoms with Crippen molar-refractivity contribution < 1.29 is 19.0 Å². The zero-order valence-corrected chi connectivity index (χ0v) is 14.5. The van der Waals surface area contributed by atoms with Gasteiger partial charge < -0.3 is 19.5 Å². The normalized spacial score (nSPS) is 11.7. The molecule has 0 aliphatic rings. The van der Waals surface area contributed by atoms with Crippen molar-refractivity contribution in [2.75, 3.05) is 21.3 Å². The lowest BCUT2D eigenvalue weighted by atomic mass is 10.1. The first-order chi connectivity index (χ1) is 11.1. The van der Waals surface area contributed by atoms with Gasteiger partial charge in [-0.05, 0) is 24.4 Å². The Morgan fingerprint density at radius 2 is 1.87 bits per heavy atom. The van der Waals surface area contributed by atoms with Gasteiger partial charge in [-0.25, -0.2) is 0 Å². The highest BCUT2D eigenvalue weighted by Gasteiger charge is 2.19. The minimum atomic E-state index is -0.0728. The molecule has 1 unspecified atom stereocenters. The third-order valence-electron chi connectivity index (χ3n) is 3.48. The van der Waals surface area contributed by atoms with Gasteiger partial charge in [-0.2, -0.15) is 0 Å². The molecule has 0 fully saturated rings. The predicted octanol–water partition coefficient (Wildman–Crippen LogP) is 3.19. The van der Waals surface area contributed by atoms with Gasteiger partial charge in [-0.15, -0.1) is 11.3 Å². The fourth-order valence-corrected chi connectivity index (χ4v) is 3.11. The van der Waals surface area contributed by atoms with Crippen LogP contribution in [0.2, 0.25) is 0 Å². The van der Waals surface area contributed by atoms with Crippen molar-refractivity contribution in [3.63, 3.8) is 0 Å². The Hall–Kier alpha value is -2.21. The number of hydrogen-bond acceptors (Lipinski definition) is 5. The van der Waals surface area contributed by atoms with E-state index in [1.54, 1.807) is 38.7 Å². The number of ether oxygens (including phenoxy) is 3. The van der Waals surface area contributed by atoms with Crippen LogP contribution in [0.4, 0.5) is 0 Å². The highest BCUT2D eigenvalue weighted by Crippen LogP contribution is 2.39. The maximum Gasteiger partial charge on any atom is 0.225 e. The Morgan fingerprint density at radius 3 is 2.43 bits per heavy atom. The quantitative estimate of drug-likeness (QED) is 0.844. The van der Waals surface area contributed by atoms with Crippen molar-refractivity contribution >= 4 is 17.2 Å². The van der Waals surface area contributed by atoms with E-state index in [1.807, 2.05) is 30.5 Å². The molecule has 1 atom stereocenters. The highest BCUT2D eigenvalue weighted by atomic mass is 32.1. The molecule has 0 aliphatic heterocycles. The van der Waals surface area contributed by atoms with Crippen LogP contribution < -0.4 is 19.5 Å². The second-order valence-corrected chi connectivity index (χ2v) is 5.95. The summed E-state index contributed by atoms with van der Waals surface area (Å²) in [5, 5.41) is 4.99. The van der Waals surface area contributed by atoms with E-state index in [-0.39, 0.29) is 18.4 Å². The summed E-state index contributed by atoms with van der Waals surface area (Å²) < 4.78 is 16.0. The van der Waals surface area contributed by atoms with Crippen LogP contribution >= 0.6 is 11.3 Å². The van der Waals surface area contributed by atoms with E-state index in [9.17, 15) is 4.79 Å². The van der Waals surface area contributed by atoms with Crippen molar-refractivity contribution in [1.82, 2.24) is 5.32 Å². The van der Waals surface area contributed by atoms with Crippen LogP contribution in [0.5, 0.6) is 17.2 Å². The molecule has 0 radical (unpaired) electrons. The molecule has 0 saturated carbocycles. The molecule has 2 aromatic rings. The molecule has 0 spiro atoms. The van der Waals surface area contributed by atoms with Gasteiger partial charge in [0.1, 0.15) is 0 Å². The molecule has 5 nitrogen and oxygen atoms in total. The fourth-order valence-electron chi connectivity index (χ4n) is 2.38. The van der Waals surface area contributed by atoms with Gasteiger partial charge in [0.25, 0.3) is 0 Å². The summed E-state index contributed by atoms with van der Waals surface area (Å²) in [6.07, 6.45) is 0.208. The number of nitrogens with one attached hydrogen (secondary N) is 1. The van der Waals surface area contributed by atoms with Crippen molar-refractivity contribution in [1.29, 1.82) is 0 Å². The molecule has 23 heavy (non-hydrogen) atoms. The number of carbonyl (C=O) groups is 1. The summed E-state index contributed by atoms with van der Waals surface area (Å²) >= 11 is 1.62. The van der Waals surface area contributed by atoms with Gasteiger partial charge in [0.2, 0.25) is 11.7 Å². The van der Waals surface area contributed by atoms with E-state index >= 15 is 0 Å². The molecule has 124 valence electrons. The SMILES string of the molecule is COc1ccc(CC(=O)NC(C)c2cccs2)c(OC)c1OC. The van der Waals surface area contributed by atoms with Crippen LogP contribution in [0.1, 0.15) is 23.4 Å². The Balaban J connectivity index is 2.14. The number of rotatable bonds is 7. The molecule has 1 aromatic heterocycles. The molecule has 0 saturated heterocycles. The minimum Gasteiger partial charge on any atom is -0.493 e. The maximum absolute atomic E-state index is 12.3. The smallest absolute Gasteiger partial charge is 0.225 e. The topological polar surface area (TPSA) is 56.8 Å². The lowest BCUT2D eigenvalue weighted by Gasteiger charge is -2.17. The van der Waals surface area contributed by atoms with Gasteiger partial charge in [0.15, 0.2) is 11.5 Å². The second-order valence-electron chi connectivity index (χ2n) is 4.97. The van der Waals surface area contributed by atoms with Crippen LogP contribution in [-0.2, 0) is 11.2 Å². The van der Waals surface area contributed by atoms with Gasteiger partial charge in [-0.3, -0.25) is 4.79 Å². The molecule has 1 aromatic carbocycles. The van der Waals surface area contributed by atoms with Crippen LogP contribution in [0.15, 0.2) is 29.6 Å². The molecule has 6 heteroatoms. The number of amides is 1. The number of methoxy groups -OCH3 is 3. The van der Waals surface area contributed by atoms with Crippen molar-refractivity contribution in [3.8, 4) is 17.2 Å². The van der Waals surface area contributed by atoms with E-state index in [0.717, 1.165) is 10.4 Å². The molecule has 0 bridgehead atoms. The van der Waals surface area contributed by atoms with Crippen LogP contribution in [-0.4, -0.2) is 27.2 Å². The fraction of sp³-hybridized carbons (Fsp3) is 0.353. The average Bonchev–Trinajstić information content (AvgIpc) is 3.08. The summed E-state index contributed by atoms with van der Waals surface area (Å²) in [5.41, 5.74) is 0.751. The van der Waals surface area contributed by atoms with Gasteiger partial charge in [0, 0.05) is 10.4 Å². The first-order valence-electron chi connectivity index (χ1n) is 7.21. The number of thiophene rings is 1. The molecule has 1 heterocycles. The largest absolute Gasteiger partial charge is 0.493 e. The monoisotopic (exact) mass is 335 g/mol. The van der Waals surface area contributed by atoms with E-state index in [4.69, 9.17) is 14.2 Å². The van der Waals surface area contributed by atoms with Gasteiger partial charge in [-0.1, -0.05) is 12.1 Å². The molecular formula is C17H21NO4S. The summed E-state index contributed by atoms with van der Waals surface area (Å²) in [7, 11) is 4.66. The number of benzene rings is 1. The van der Waals surface area contributed by atoms with Gasteiger partial charge in [0.05, 0.1) is 33.8 Å². The van der Waals surface area contributed by atoms with Crippen molar-refractivity contribution in [2.24, 2.45) is 0 Å². The Labute approximate surface area is 140 Å². The zero-order chi connectivity index (χ0) is 16.8. The maximum atomic E-state index is 12.3. The zero-order valence-electron chi connectivity index (χ0n) is 13.7. The molecule has 1 N–H and O–H groups in total. The number of carbonyl (C=O) groups excluding carboxylic acids is 1. The lowest BCUT2D eigenvalue weighted by molar-refractivity contribution is -0.121. The predicted molar refractivity (Wildman–Crippen MR) is 90.7 cm³/mol. The average molecular weight is 335 g/mol. The molecule has 0 aliphatic carbocycles. The van der Waals surface area contributed by atoms with Crippen molar-refractivity contribution in [3.05, 3.63) is 40.1 Å². The highest BCUT2D eigenvalue weighted by molar-refractivity contribution is 7.10. The summed E-state index contributed by atoms with van der Waals surface area (Å²) in [6.45, 7) is 1.97. The van der Waals surface area contributed by atoms with Crippen LogP contribution in [0.3, 0.4) is 0 Å². The van der Waals surface area contributed by atoms with Gasteiger partial charge >= 0.3 is 0 Å². The van der Waals surface area contributed by atoms with E-state index in [2.05, 4.69) is 5.32 Å². The summed E-state index contributed by atoms with van der Waals surface area (Å²) in [5.74, 6) is 1.51. The summed E-state index contributed by atoms with van der Waals surface area (Å²) in [4.78, 5) is 13.4. The molecule has 1 amide bonds. The third-order valence-corrected chi connectivity index (χ3v) is 4.54. The van der Waals surface area contributed by atoms with E-state index in [0.29, 0.717) is 17.2 Å². The second kappa shape index (κ2) is 7.87. The van der Waals surface area contributed by atoms with Crippen LogP contribution in [0.25, 0.3) is 0 Å². The van der Waals surface area contributed by atoms with E-state index < -0.39 is 0 Å². The Kier molecular flexibility index (Phi) is 5.87.